The molecule has 2 rings (SSSR count). The predicted octanol–water partition coefficient (Wildman–Crippen LogP) is 4.03. The molecule has 0 aliphatic carbocycles. The van der Waals surface area contributed by atoms with Crippen LogP contribution in [0.15, 0.2) is 42.5 Å². The summed E-state index contributed by atoms with van der Waals surface area (Å²) in [5, 5.41) is 12.9. The van der Waals surface area contributed by atoms with E-state index in [0.717, 1.165) is 6.07 Å². The molecule has 2 aromatic carbocycles. The fourth-order valence-electron chi connectivity index (χ4n) is 2.18. The third-order valence-corrected chi connectivity index (χ3v) is 3.29. The molecule has 10 heteroatoms. The van der Waals surface area contributed by atoms with E-state index in [1.807, 2.05) is 0 Å². The van der Waals surface area contributed by atoms with E-state index in [1.165, 1.54) is 0 Å². The zero-order valence-corrected chi connectivity index (χ0v) is 14.1. The van der Waals surface area contributed by atoms with Crippen molar-refractivity contribution < 1.29 is 32.4 Å². The number of halogens is 3. The second-order valence-corrected chi connectivity index (χ2v) is 5.20. The van der Waals surface area contributed by atoms with Crippen molar-refractivity contribution >= 4 is 17.3 Å². The number of para-hydroxylation sites is 2. The van der Waals surface area contributed by atoms with E-state index in [4.69, 9.17) is 9.47 Å². The minimum atomic E-state index is -4.93. The molecule has 0 aromatic heterocycles. The summed E-state index contributed by atoms with van der Waals surface area (Å²) >= 11 is 0. The number of nitro benzene ring substituents is 1. The molecule has 0 bridgehead atoms. The van der Waals surface area contributed by atoms with Gasteiger partial charge in [-0.2, -0.15) is 13.2 Å². The van der Waals surface area contributed by atoms with Gasteiger partial charge in [-0.3, -0.25) is 14.9 Å². The number of alkyl halides is 3. The first-order valence-electron chi connectivity index (χ1n) is 7.72. The highest BCUT2D eigenvalue weighted by Crippen LogP contribution is 2.37. The Morgan fingerprint density at radius 1 is 1.15 bits per heavy atom. The van der Waals surface area contributed by atoms with Crippen molar-refractivity contribution in [2.24, 2.45) is 0 Å². The average molecular weight is 384 g/mol. The van der Waals surface area contributed by atoms with Gasteiger partial charge >= 0.3 is 6.18 Å². The lowest BCUT2D eigenvalue weighted by Gasteiger charge is -2.12. The number of nitrogens with zero attached hydrogens (tertiary/aromatic N) is 1. The Kier molecular flexibility index (Phi) is 6.22. The summed E-state index contributed by atoms with van der Waals surface area (Å²) in [5.41, 5.74) is -2.78. The van der Waals surface area contributed by atoms with Crippen molar-refractivity contribution in [2.75, 3.05) is 18.5 Å². The summed E-state index contributed by atoms with van der Waals surface area (Å²) in [5.74, 6) is -0.0139. The van der Waals surface area contributed by atoms with E-state index in [2.05, 4.69) is 5.32 Å². The molecule has 7 nitrogen and oxygen atoms in total. The number of hydrogen-bond donors (Lipinski definition) is 1. The van der Waals surface area contributed by atoms with Crippen molar-refractivity contribution in [3.63, 3.8) is 0 Å². The smallest absolute Gasteiger partial charge is 0.423 e. The van der Waals surface area contributed by atoms with Gasteiger partial charge in [0.15, 0.2) is 18.1 Å². The van der Waals surface area contributed by atoms with Crippen LogP contribution in [0.5, 0.6) is 11.5 Å². The van der Waals surface area contributed by atoms with E-state index >= 15 is 0 Å². The molecule has 0 aliphatic heterocycles. The zero-order chi connectivity index (χ0) is 20.0. The number of rotatable bonds is 7. The van der Waals surface area contributed by atoms with E-state index in [1.54, 1.807) is 31.2 Å². The Balaban J connectivity index is 2.09. The molecule has 0 radical (unpaired) electrons. The van der Waals surface area contributed by atoms with Crippen LogP contribution in [-0.2, 0) is 11.0 Å². The summed E-state index contributed by atoms with van der Waals surface area (Å²) in [6, 6.07) is 8.80. The SMILES string of the molecule is CCOc1ccccc1OCC(=O)Nc1ccc([N+](=O)[O-])c(C(F)(F)F)c1. The number of ether oxygens (including phenoxy) is 2. The molecule has 0 unspecified atom stereocenters. The first-order chi connectivity index (χ1) is 12.7. The minimum absolute atomic E-state index is 0.236. The van der Waals surface area contributed by atoms with Gasteiger partial charge in [0.1, 0.15) is 5.56 Å². The topological polar surface area (TPSA) is 90.7 Å². The molecule has 0 saturated heterocycles. The van der Waals surface area contributed by atoms with Crippen LogP contribution in [0.1, 0.15) is 12.5 Å². The highest BCUT2D eigenvalue weighted by Gasteiger charge is 2.38. The van der Waals surface area contributed by atoms with Gasteiger partial charge in [0.25, 0.3) is 11.6 Å². The molecule has 0 fully saturated rings. The van der Waals surface area contributed by atoms with Gasteiger partial charge in [-0.25, -0.2) is 0 Å². The Morgan fingerprint density at radius 3 is 2.33 bits per heavy atom. The molecule has 27 heavy (non-hydrogen) atoms. The summed E-state index contributed by atoms with van der Waals surface area (Å²) < 4.78 is 49.5. The van der Waals surface area contributed by atoms with Crippen molar-refractivity contribution in [2.45, 2.75) is 13.1 Å². The van der Waals surface area contributed by atoms with E-state index in [9.17, 15) is 28.1 Å². The van der Waals surface area contributed by atoms with Gasteiger partial charge in [0, 0.05) is 11.8 Å². The number of nitrogens with one attached hydrogen (secondary N) is 1. The molecule has 0 heterocycles. The highest BCUT2D eigenvalue weighted by atomic mass is 19.4. The molecule has 144 valence electrons. The van der Waals surface area contributed by atoms with Gasteiger partial charge in [-0.05, 0) is 31.2 Å². The van der Waals surface area contributed by atoms with Crippen molar-refractivity contribution in [3.05, 3.63) is 58.1 Å². The van der Waals surface area contributed by atoms with Crippen LogP contribution in [0.2, 0.25) is 0 Å². The molecule has 0 saturated carbocycles. The van der Waals surface area contributed by atoms with Gasteiger partial charge in [0.2, 0.25) is 0 Å². The maximum Gasteiger partial charge on any atom is 0.423 e. The minimum Gasteiger partial charge on any atom is -0.490 e. The monoisotopic (exact) mass is 384 g/mol. The Labute approximate surface area is 151 Å². The summed E-state index contributed by atoms with van der Waals surface area (Å²) in [6.07, 6.45) is -4.93. The lowest BCUT2D eigenvalue weighted by atomic mass is 10.1. The van der Waals surface area contributed by atoms with Gasteiger partial charge in [-0.15, -0.1) is 0 Å². The Hall–Kier alpha value is -3.30. The second-order valence-electron chi connectivity index (χ2n) is 5.20. The number of carbonyl (C=O) groups is 1. The van der Waals surface area contributed by atoms with Crippen molar-refractivity contribution in [3.8, 4) is 11.5 Å². The second kappa shape index (κ2) is 8.39. The average Bonchev–Trinajstić information content (AvgIpc) is 2.60. The molecule has 1 N–H and O–H groups in total. The Bertz CT molecular complexity index is 840. The largest absolute Gasteiger partial charge is 0.490 e. The number of carbonyl (C=O) groups excluding carboxylic acids is 1. The summed E-state index contributed by atoms with van der Waals surface area (Å²) in [6.45, 7) is 1.67. The van der Waals surface area contributed by atoms with E-state index < -0.39 is 34.9 Å². The normalized spacial score (nSPS) is 11.0. The van der Waals surface area contributed by atoms with Crippen LogP contribution in [0, 0.1) is 10.1 Å². The van der Waals surface area contributed by atoms with Crippen molar-refractivity contribution in [1.82, 2.24) is 0 Å². The molecule has 2 aromatic rings. The Morgan fingerprint density at radius 2 is 1.78 bits per heavy atom. The van der Waals surface area contributed by atoms with Gasteiger partial charge < -0.3 is 14.8 Å². The third kappa shape index (κ3) is 5.33. The number of anilines is 1. The number of nitro groups is 1. The molecular weight excluding hydrogens is 369 g/mol. The van der Waals surface area contributed by atoms with Crippen LogP contribution in [-0.4, -0.2) is 24.0 Å². The fraction of sp³-hybridized carbons (Fsp3) is 0.235. The number of hydrogen-bond acceptors (Lipinski definition) is 5. The van der Waals surface area contributed by atoms with E-state index in [-0.39, 0.29) is 5.69 Å². The molecule has 0 aliphatic rings. The fourth-order valence-corrected chi connectivity index (χ4v) is 2.18. The number of benzene rings is 2. The first-order valence-corrected chi connectivity index (χ1v) is 7.72. The maximum atomic E-state index is 13.0. The highest BCUT2D eigenvalue weighted by molar-refractivity contribution is 5.92. The maximum absolute atomic E-state index is 13.0. The van der Waals surface area contributed by atoms with Crippen LogP contribution in [0.25, 0.3) is 0 Å². The van der Waals surface area contributed by atoms with Crippen LogP contribution < -0.4 is 14.8 Å². The molecular formula is C17H15F3N2O5. The van der Waals surface area contributed by atoms with Gasteiger partial charge in [0.05, 0.1) is 11.5 Å². The summed E-state index contributed by atoms with van der Waals surface area (Å²) in [4.78, 5) is 21.5. The predicted molar refractivity (Wildman–Crippen MR) is 89.8 cm³/mol. The van der Waals surface area contributed by atoms with Crippen LogP contribution >= 0.6 is 0 Å². The lowest BCUT2D eigenvalue weighted by Crippen LogP contribution is -2.21. The standard InChI is InChI=1S/C17H15F3N2O5/c1-2-26-14-5-3-4-6-15(14)27-10-16(23)21-11-7-8-13(22(24)25)12(9-11)17(18,19)20/h3-9H,2,10H2,1H3,(H,21,23). The molecule has 0 spiro atoms. The first kappa shape index (κ1) is 20.0. The number of amides is 1. The molecule has 0 atom stereocenters. The molecule has 1 amide bonds. The quantitative estimate of drug-likeness (QED) is 0.575. The van der Waals surface area contributed by atoms with Crippen LogP contribution in [0.4, 0.5) is 24.5 Å². The van der Waals surface area contributed by atoms with Gasteiger partial charge in [-0.1, -0.05) is 12.1 Å². The van der Waals surface area contributed by atoms with E-state index in [0.29, 0.717) is 30.2 Å². The van der Waals surface area contributed by atoms with Crippen molar-refractivity contribution in [1.29, 1.82) is 0 Å². The lowest BCUT2D eigenvalue weighted by molar-refractivity contribution is -0.388. The summed E-state index contributed by atoms with van der Waals surface area (Å²) in [7, 11) is 0. The third-order valence-electron chi connectivity index (χ3n) is 3.29. The van der Waals surface area contributed by atoms with Crippen LogP contribution in [0.3, 0.4) is 0 Å². The zero-order valence-electron chi connectivity index (χ0n) is 14.1.